The van der Waals surface area contributed by atoms with Crippen molar-refractivity contribution in [2.24, 2.45) is 0 Å². The molecule has 1 aliphatic heterocycles. The Morgan fingerprint density at radius 3 is 2.67 bits per heavy atom. The first-order valence-corrected chi connectivity index (χ1v) is 6.80. The van der Waals surface area contributed by atoms with Crippen molar-refractivity contribution in [2.75, 3.05) is 11.9 Å². The minimum Gasteiger partial charge on any atom is -0.369 e. The van der Waals surface area contributed by atoms with Gasteiger partial charge in [0.05, 0.1) is 10.6 Å². The number of aromatic nitrogens is 1. The number of nitrogens with one attached hydrogen (secondary N) is 1. The molecule has 92 valence electrons. The largest absolute Gasteiger partial charge is 0.369 e. The normalized spacial score (nSPS) is 14.9. The third kappa shape index (κ3) is 2.02. The van der Waals surface area contributed by atoms with Crippen molar-refractivity contribution in [1.29, 1.82) is 0 Å². The monoisotopic (exact) mass is 260 g/mol. The van der Waals surface area contributed by atoms with Crippen LogP contribution in [0.4, 0.5) is 5.82 Å². The van der Waals surface area contributed by atoms with Gasteiger partial charge in [-0.15, -0.1) is 0 Å². The Bertz CT molecular complexity index is 611. The van der Waals surface area contributed by atoms with Gasteiger partial charge in [0.2, 0.25) is 0 Å². The van der Waals surface area contributed by atoms with Crippen LogP contribution in [-0.4, -0.2) is 20.3 Å². The van der Waals surface area contributed by atoms with E-state index in [1.165, 1.54) is 5.56 Å². The number of pyridine rings is 1. The van der Waals surface area contributed by atoms with Gasteiger partial charge in [0.25, 0.3) is 0 Å². The number of fused-ring (bicyclic) bond motifs is 1. The van der Waals surface area contributed by atoms with Gasteiger partial charge in [-0.05, 0) is 30.2 Å². The second-order valence-corrected chi connectivity index (χ2v) is 5.12. The maximum absolute atomic E-state index is 10.9. The van der Waals surface area contributed by atoms with Crippen LogP contribution in [0.5, 0.6) is 0 Å². The van der Waals surface area contributed by atoms with Crippen molar-refractivity contribution >= 4 is 16.9 Å². The molecule has 18 heavy (non-hydrogen) atoms. The van der Waals surface area contributed by atoms with Gasteiger partial charge in [-0.1, -0.05) is 18.2 Å². The summed E-state index contributed by atoms with van der Waals surface area (Å²) in [5, 5.41) is 3.24. The molecule has 0 spiro atoms. The van der Waals surface area contributed by atoms with E-state index in [1.54, 1.807) is 12.1 Å². The second-order valence-electron chi connectivity index (χ2n) is 4.15. The molecule has 1 aromatic heterocycles. The number of hydrogen-bond acceptors (Lipinski definition) is 3. The van der Waals surface area contributed by atoms with Crippen molar-refractivity contribution in [1.82, 2.24) is 4.98 Å². The molecule has 0 radical (unpaired) electrons. The first kappa shape index (κ1) is 11.4. The van der Waals surface area contributed by atoms with Crippen LogP contribution < -0.4 is 5.32 Å². The lowest BCUT2D eigenvalue weighted by Gasteiger charge is -2.04. The average Bonchev–Trinajstić information content (AvgIpc) is 2.86. The highest BCUT2D eigenvalue weighted by atomic mass is 32.2. The summed E-state index contributed by atoms with van der Waals surface area (Å²) in [6.07, 6.45) is 1.02. The van der Waals surface area contributed by atoms with Crippen LogP contribution in [-0.2, 0) is 17.5 Å². The number of hydrogen-bond donors (Lipinski definition) is 2. The van der Waals surface area contributed by atoms with E-state index in [0.717, 1.165) is 30.0 Å². The predicted octanol–water partition coefficient (Wildman–Crippen LogP) is 2.30. The molecule has 0 saturated carbocycles. The molecule has 4 nitrogen and oxygen atoms in total. The van der Waals surface area contributed by atoms with Gasteiger partial charge < -0.3 is 9.87 Å². The Morgan fingerprint density at radius 2 is 1.94 bits per heavy atom. The molecule has 5 heteroatoms. The predicted molar refractivity (Wildman–Crippen MR) is 70.9 cm³/mol. The fraction of sp³-hybridized carbons (Fsp3) is 0.154. The van der Waals surface area contributed by atoms with Crippen molar-refractivity contribution in [3.63, 3.8) is 0 Å². The highest BCUT2D eigenvalue weighted by Gasteiger charge is 2.12. The van der Waals surface area contributed by atoms with E-state index in [-0.39, 0.29) is 0 Å². The Morgan fingerprint density at radius 1 is 1.17 bits per heavy atom. The maximum Gasteiger partial charge on any atom is 0.186 e. The van der Waals surface area contributed by atoms with E-state index in [2.05, 4.69) is 16.4 Å². The van der Waals surface area contributed by atoms with E-state index in [9.17, 15) is 4.21 Å². The quantitative estimate of drug-likeness (QED) is 0.813. The summed E-state index contributed by atoms with van der Waals surface area (Å²) in [6.45, 7) is 0.939. The third-order valence-electron chi connectivity index (χ3n) is 3.02. The van der Waals surface area contributed by atoms with Crippen LogP contribution in [0.25, 0.3) is 11.3 Å². The van der Waals surface area contributed by atoms with Crippen LogP contribution in [0, 0.1) is 0 Å². The zero-order chi connectivity index (χ0) is 12.5. The summed E-state index contributed by atoms with van der Waals surface area (Å²) in [6, 6.07) is 11.0. The van der Waals surface area contributed by atoms with E-state index >= 15 is 0 Å². The Hall–Kier alpha value is -1.72. The maximum atomic E-state index is 10.9. The molecule has 3 rings (SSSR count). The smallest absolute Gasteiger partial charge is 0.186 e. The molecule has 1 aliphatic rings. The van der Waals surface area contributed by atoms with Crippen molar-refractivity contribution in [3.05, 3.63) is 42.0 Å². The molecule has 2 N–H and O–H groups in total. The first-order chi connectivity index (χ1) is 8.74. The van der Waals surface area contributed by atoms with Crippen LogP contribution in [0.2, 0.25) is 0 Å². The molecule has 0 aliphatic carbocycles. The lowest BCUT2D eigenvalue weighted by Crippen LogP contribution is -1.94. The van der Waals surface area contributed by atoms with Gasteiger partial charge in [-0.25, -0.2) is 9.19 Å². The Kier molecular flexibility index (Phi) is 2.85. The molecule has 2 heterocycles. The lowest BCUT2D eigenvalue weighted by atomic mass is 10.1. The molecular formula is C13H12N2O2S. The average molecular weight is 260 g/mol. The van der Waals surface area contributed by atoms with E-state index in [1.807, 2.05) is 18.2 Å². The van der Waals surface area contributed by atoms with Crippen molar-refractivity contribution < 1.29 is 8.76 Å². The molecule has 1 atom stereocenters. The molecule has 0 fully saturated rings. The molecule has 0 amide bonds. The van der Waals surface area contributed by atoms with Gasteiger partial charge in [-0.2, -0.15) is 0 Å². The Labute approximate surface area is 107 Å². The SMILES string of the molecule is O=S(O)c1ccc(-c2ccc3c(n2)NCC3)cc1. The van der Waals surface area contributed by atoms with E-state index in [0.29, 0.717) is 4.90 Å². The van der Waals surface area contributed by atoms with E-state index in [4.69, 9.17) is 4.55 Å². The van der Waals surface area contributed by atoms with Crippen molar-refractivity contribution in [3.8, 4) is 11.3 Å². The topological polar surface area (TPSA) is 62.2 Å². The summed E-state index contributed by atoms with van der Waals surface area (Å²) in [5.74, 6) is 0.947. The van der Waals surface area contributed by atoms with Crippen LogP contribution >= 0.6 is 0 Å². The third-order valence-corrected chi connectivity index (χ3v) is 3.69. The van der Waals surface area contributed by atoms with Gasteiger partial charge >= 0.3 is 0 Å². The number of benzene rings is 1. The number of rotatable bonds is 2. The van der Waals surface area contributed by atoms with Crippen LogP contribution in [0.1, 0.15) is 5.56 Å². The van der Waals surface area contributed by atoms with Gasteiger partial charge in [0.1, 0.15) is 5.82 Å². The summed E-state index contributed by atoms with van der Waals surface area (Å²) in [5.41, 5.74) is 3.06. The minimum absolute atomic E-state index is 0.401. The standard InChI is InChI=1S/C13H12N2O2S/c16-18(17)11-4-1-9(2-5-11)12-6-3-10-7-8-14-13(10)15-12/h1-6H,7-8H2,(H,14,15)(H,16,17). The minimum atomic E-state index is -1.93. The summed E-state index contributed by atoms with van der Waals surface area (Å²) >= 11 is -1.93. The van der Waals surface area contributed by atoms with Crippen molar-refractivity contribution in [2.45, 2.75) is 11.3 Å². The fourth-order valence-electron chi connectivity index (χ4n) is 2.06. The molecule has 2 aromatic rings. The highest BCUT2D eigenvalue weighted by molar-refractivity contribution is 7.79. The fourth-order valence-corrected chi connectivity index (χ4v) is 2.43. The Balaban J connectivity index is 1.97. The lowest BCUT2D eigenvalue weighted by molar-refractivity contribution is 0.564. The first-order valence-electron chi connectivity index (χ1n) is 5.69. The van der Waals surface area contributed by atoms with Crippen LogP contribution in [0.3, 0.4) is 0 Å². The molecule has 0 saturated heterocycles. The molecule has 0 bridgehead atoms. The molecular weight excluding hydrogens is 248 g/mol. The van der Waals surface area contributed by atoms with E-state index < -0.39 is 11.1 Å². The summed E-state index contributed by atoms with van der Waals surface area (Å²) < 4.78 is 19.8. The zero-order valence-corrected chi connectivity index (χ0v) is 10.4. The summed E-state index contributed by atoms with van der Waals surface area (Å²) in [7, 11) is 0. The number of anilines is 1. The summed E-state index contributed by atoms with van der Waals surface area (Å²) in [4.78, 5) is 4.95. The zero-order valence-electron chi connectivity index (χ0n) is 9.59. The highest BCUT2D eigenvalue weighted by Crippen LogP contribution is 2.25. The molecule has 1 unspecified atom stereocenters. The van der Waals surface area contributed by atoms with Crippen LogP contribution in [0.15, 0.2) is 41.3 Å². The second kappa shape index (κ2) is 4.51. The number of nitrogens with zero attached hydrogens (tertiary/aromatic N) is 1. The van der Waals surface area contributed by atoms with Gasteiger partial charge in [0.15, 0.2) is 11.1 Å². The van der Waals surface area contributed by atoms with Gasteiger partial charge in [-0.3, -0.25) is 0 Å². The van der Waals surface area contributed by atoms with Gasteiger partial charge in [0, 0.05) is 12.1 Å². The molecule has 1 aromatic carbocycles.